The quantitative estimate of drug-likeness (QED) is 0.866. The van der Waals surface area contributed by atoms with Gasteiger partial charge in [-0.05, 0) is 32.0 Å². The summed E-state index contributed by atoms with van der Waals surface area (Å²) in [6.45, 7) is 3.92. The molecule has 2 N–H and O–H groups in total. The van der Waals surface area contributed by atoms with Crippen LogP contribution < -0.4 is 5.73 Å². The van der Waals surface area contributed by atoms with Gasteiger partial charge in [-0.3, -0.25) is 9.69 Å². The molecule has 2 rings (SSSR count). The van der Waals surface area contributed by atoms with Crippen LogP contribution in [0.2, 0.25) is 10.2 Å². The smallest absolute Gasteiger partial charge is 0.224 e. The molecule has 6 heteroatoms. The molecule has 1 aromatic rings. The molecule has 1 aliphatic rings. The number of pyridine rings is 1. The van der Waals surface area contributed by atoms with Crippen LogP contribution in [0, 0.1) is 5.41 Å². The van der Waals surface area contributed by atoms with Crippen molar-refractivity contribution in [3.63, 3.8) is 0 Å². The van der Waals surface area contributed by atoms with E-state index in [1.807, 2.05) is 6.92 Å². The van der Waals surface area contributed by atoms with Crippen molar-refractivity contribution in [2.75, 3.05) is 13.1 Å². The first-order valence-electron chi connectivity index (χ1n) is 5.74. The predicted molar refractivity (Wildman–Crippen MR) is 71.5 cm³/mol. The number of hydrogen-bond donors (Lipinski definition) is 1. The Morgan fingerprint density at radius 1 is 1.56 bits per heavy atom. The van der Waals surface area contributed by atoms with Gasteiger partial charge in [-0.15, -0.1) is 0 Å². The molecule has 1 atom stereocenters. The minimum atomic E-state index is -0.453. The summed E-state index contributed by atoms with van der Waals surface area (Å²) in [4.78, 5) is 17.7. The number of primary amides is 1. The van der Waals surface area contributed by atoms with Gasteiger partial charge >= 0.3 is 0 Å². The normalized spacial score (nSPS) is 24.4. The molecule has 1 unspecified atom stereocenters. The standard InChI is InChI=1S/C12H15Cl2N3O/c1-12(11(15)18)4-5-17(7-12)6-9-8(13)2-3-10(14)16-9/h2-3H,4-7H2,1H3,(H2,15,18). The fraction of sp³-hybridized carbons (Fsp3) is 0.500. The lowest BCUT2D eigenvalue weighted by Gasteiger charge is -2.21. The van der Waals surface area contributed by atoms with Crippen molar-refractivity contribution < 1.29 is 4.79 Å². The van der Waals surface area contributed by atoms with E-state index in [4.69, 9.17) is 28.9 Å². The average Bonchev–Trinajstić information content (AvgIpc) is 2.67. The van der Waals surface area contributed by atoms with Crippen molar-refractivity contribution in [1.29, 1.82) is 0 Å². The topological polar surface area (TPSA) is 59.2 Å². The molecule has 0 radical (unpaired) electrons. The van der Waals surface area contributed by atoms with E-state index in [-0.39, 0.29) is 5.91 Å². The summed E-state index contributed by atoms with van der Waals surface area (Å²) < 4.78 is 0. The highest BCUT2D eigenvalue weighted by Gasteiger charge is 2.38. The number of carbonyl (C=O) groups excluding carboxylic acids is 1. The molecule has 0 aliphatic carbocycles. The zero-order valence-electron chi connectivity index (χ0n) is 10.1. The van der Waals surface area contributed by atoms with E-state index in [0.717, 1.165) is 18.7 Å². The van der Waals surface area contributed by atoms with E-state index >= 15 is 0 Å². The summed E-state index contributed by atoms with van der Waals surface area (Å²) in [5.41, 5.74) is 5.69. The summed E-state index contributed by atoms with van der Waals surface area (Å²) in [5.74, 6) is -0.254. The Morgan fingerprint density at radius 3 is 2.89 bits per heavy atom. The van der Waals surface area contributed by atoms with Crippen LogP contribution in [0.25, 0.3) is 0 Å². The number of rotatable bonds is 3. The molecular formula is C12H15Cl2N3O. The molecule has 1 aromatic heterocycles. The third kappa shape index (κ3) is 2.76. The minimum Gasteiger partial charge on any atom is -0.369 e. The largest absolute Gasteiger partial charge is 0.369 e. The van der Waals surface area contributed by atoms with Crippen molar-refractivity contribution in [2.24, 2.45) is 11.1 Å². The van der Waals surface area contributed by atoms with Gasteiger partial charge in [-0.2, -0.15) is 0 Å². The maximum Gasteiger partial charge on any atom is 0.224 e. The fourth-order valence-corrected chi connectivity index (χ4v) is 2.50. The molecular weight excluding hydrogens is 273 g/mol. The Morgan fingerprint density at radius 2 is 2.28 bits per heavy atom. The molecule has 1 aliphatic heterocycles. The highest BCUT2D eigenvalue weighted by Crippen LogP contribution is 2.31. The molecule has 98 valence electrons. The second-order valence-electron chi connectivity index (χ2n) is 4.95. The van der Waals surface area contributed by atoms with Gasteiger partial charge in [0, 0.05) is 13.1 Å². The number of nitrogens with two attached hydrogens (primary N) is 1. The lowest BCUT2D eigenvalue weighted by atomic mass is 9.89. The fourth-order valence-electron chi connectivity index (χ4n) is 2.17. The van der Waals surface area contributed by atoms with Crippen LogP contribution in [0.1, 0.15) is 19.0 Å². The highest BCUT2D eigenvalue weighted by molar-refractivity contribution is 6.32. The summed E-state index contributed by atoms with van der Waals surface area (Å²) in [5, 5.41) is 1.01. The van der Waals surface area contributed by atoms with Gasteiger partial charge in [0.05, 0.1) is 16.1 Å². The molecule has 18 heavy (non-hydrogen) atoms. The van der Waals surface area contributed by atoms with Crippen LogP contribution in [-0.4, -0.2) is 28.9 Å². The third-order valence-electron chi connectivity index (χ3n) is 3.41. The monoisotopic (exact) mass is 287 g/mol. The molecule has 1 saturated heterocycles. The van der Waals surface area contributed by atoms with Gasteiger partial charge in [-0.25, -0.2) is 4.98 Å². The number of hydrogen-bond acceptors (Lipinski definition) is 3. The number of halogens is 2. The van der Waals surface area contributed by atoms with Crippen molar-refractivity contribution >= 4 is 29.1 Å². The van der Waals surface area contributed by atoms with Gasteiger partial charge in [0.1, 0.15) is 5.15 Å². The summed E-state index contributed by atoms with van der Waals surface area (Å²) >= 11 is 11.9. The van der Waals surface area contributed by atoms with Crippen molar-refractivity contribution in [3.8, 4) is 0 Å². The van der Waals surface area contributed by atoms with Crippen LogP contribution >= 0.6 is 23.2 Å². The summed E-state index contributed by atoms with van der Waals surface area (Å²) in [6, 6.07) is 3.39. The van der Waals surface area contributed by atoms with Crippen LogP contribution in [0.4, 0.5) is 0 Å². The van der Waals surface area contributed by atoms with E-state index in [2.05, 4.69) is 9.88 Å². The molecule has 0 spiro atoms. The predicted octanol–water partition coefficient (Wildman–Crippen LogP) is 2.09. The van der Waals surface area contributed by atoms with Gasteiger partial charge in [-0.1, -0.05) is 23.2 Å². The maximum absolute atomic E-state index is 11.4. The first-order valence-corrected chi connectivity index (χ1v) is 6.49. The zero-order valence-corrected chi connectivity index (χ0v) is 11.6. The number of likely N-dealkylation sites (tertiary alicyclic amines) is 1. The van der Waals surface area contributed by atoms with Crippen LogP contribution in [0.5, 0.6) is 0 Å². The molecule has 4 nitrogen and oxygen atoms in total. The zero-order chi connectivity index (χ0) is 13.3. The van der Waals surface area contributed by atoms with Gasteiger partial charge in [0.2, 0.25) is 5.91 Å². The molecule has 0 saturated carbocycles. The minimum absolute atomic E-state index is 0.254. The van der Waals surface area contributed by atoms with Crippen molar-refractivity contribution in [3.05, 3.63) is 28.0 Å². The third-order valence-corrected chi connectivity index (χ3v) is 3.96. The average molecular weight is 288 g/mol. The van der Waals surface area contributed by atoms with E-state index in [9.17, 15) is 4.79 Å². The molecule has 1 fully saturated rings. The van der Waals surface area contributed by atoms with Gasteiger partial charge < -0.3 is 5.73 Å². The summed E-state index contributed by atoms with van der Waals surface area (Å²) in [7, 11) is 0. The molecule has 0 aromatic carbocycles. The Bertz CT molecular complexity index is 480. The Labute approximate surface area is 116 Å². The lowest BCUT2D eigenvalue weighted by Crippen LogP contribution is -2.37. The van der Waals surface area contributed by atoms with E-state index in [1.54, 1.807) is 12.1 Å². The van der Waals surface area contributed by atoms with Crippen molar-refractivity contribution in [2.45, 2.75) is 19.9 Å². The van der Waals surface area contributed by atoms with E-state index < -0.39 is 5.41 Å². The lowest BCUT2D eigenvalue weighted by molar-refractivity contribution is -0.126. The number of nitrogens with zero attached hydrogens (tertiary/aromatic N) is 2. The van der Waals surface area contributed by atoms with Crippen LogP contribution in [0.3, 0.4) is 0 Å². The first-order chi connectivity index (χ1) is 8.40. The van der Waals surface area contributed by atoms with Gasteiger partial charge in [0.25, 0.3) is 0 Å². The molecule has 1 amide bonds. The maximum atomic E-state index is 11.4. The Kier molecular flexibility index (Phi) is 3.80. The van der Waals surface area contributed by atoms with Crippen molar-refractivity contribution in [1.82, 2.24) is 9.88 Å². The number of aromatic nitrogens is 1. The number of carbonyl (C=O) groups is 1. The Balaban J connectivity index is 2.08. The number of amides is 1. The Hall–Kier alpha value is -0.840. The van der Waals surface area contributed by atoms with Crippen LogP contribution in [0.15, 0.2) is 12.1 Å². The van der Waals surface area contributed by atoms with E-state index in [0.29, 0.717) is 23.3 Å². The molecule has 0 bridgehead atoms. The SMILES string of the molecule is CC1(C(N)=O)CCN(Cc2nc(Cl)ccc2Cl)C1. The molecule has 2 heterocycles. The summed E-state index contributed by atoms with van der Waals surface area (Å²) in [6.07, 6.45) is 0.764. The van der Waals surface area contributed by atoms with Crippen LogP contribution in [-0.2, 0) is 11.3 Å². The van der Waals surface area contributed by atoms with E-state index in [1.165, 1.54) is 0 Å². The first kappa shape index (κ1) is 13.6. The van der Waals surface area contributed by atoms with Gasteiger partial charge in [0.15, 0.2) is 0 Å². The highest BCUT2D eigenvalue weighted by atomic mass is 35.5. The second kappa shape index (κ2) is 5.03. The second-order valence-corrected chi connectivity index (χ2v) is 5.74.